The molecule has 0 saturated carbocycles. The van der Waals surface area contributed by atoms with Crippen molar-refractivity contribution in [2.75, 3.05) is 13.2 Å². The summed E-state index contributed by atoms with van der Waals surface area (Å²) in [6.45, 7) is 5.41. The molecule has 17 heavy (non-hydrogen) atoms. The van der Waals surface area contributed by atoms with Gasteiger partial charge >= 0.3 is 0 Å². The van der Waals surface area contributed by atoms with Crippen molar-refractivity contribution >= 4 is 10.8 Å². The van der Waals surface area contributed by atoms with E-state index in [1.165, 1.54) is 10.8 Å². The highest BCUT2D eigenvalue weighted by atomic mass is 16.5. The van der Waals surface area contributed by atoms with E-state index in [1.807, 2.05) is 18.4 Å². The predicted molar refractivity (Wildman–Crippen MR) is 69.9 cm³/mol. The van der Waals surface area contributed by atoms with E-state index in [4.69, 9.17) is 9.15 Å². The van der Waals surface area contributed by atoms with E-state index >= 15 is 0 Å². The van der Waals surface area contributed by atoms with Gasteiger partial charge in [-0.25, -0.2) is 0 Å². The monoisotopic (exact) mass is 231 g/mol. The zero-order chi connectivity index (χ0) is 11.9. The lowest BCUT2D eigenvalue weighted by Gasteiger charge is -2.02. The number of hydrogen-bond donors (Lipinski definition) is 0. The Morgan fingerprint density at radius 2 is 1.94 bits per heavy atom. The highest BCUT2D eigenvalue weighted by Gasteiger charge is 2.04. The van der Waals surface area contributed by atoms with Crippen LogP contribution in [-0.2, 0) is 11.2 Å². The van der Waals surface area contributed by atoms with Gasteiger partial charge in [-0.15, -0.1) is 0 Å². The van der Waals surface area contributed by atoms with Crippen molar-refractivity contribution in [3.05, 3.63) is 43.2 Å². The molecular weight excluding hydrogens is 212 g/mol. The molecule has 1 aromatic heterocycles. The zero-order valence-corrected chi connectivity index (χ0v) is 10.2. The standard InChI is InChI=1S/C15H19O2/c1-2-3-10-16-11-6-9-15-14-8-5-4-7-13(14)12-17-15/h4-5,7-8,12H,1-3,6,9-11H2. The van der Waals surface area contributed by atoms with Crippen LogP contribution in [0.3, 0.4) is 0 Å². The molecule has 0 atom stereocenters. The van der Waals surface area contributed by atoms with E-state index in [9.17, 15) is 0 Å². The molecule has 0 saturated heterocycles. The molecular formula is C15H19O2. The Labute approximate surface area is 103 Å². The van der Waals surface area contributed by atoms with Gasteiger partial charge in [0.2, 0.25) is 0 Å². The Hall–Kier alpha value is -1.28. The van der Waals surface area contributed by atoms with Crippen LogP contribution in [0.15, 0.2) is 34.9 Å². The van der Waals surface area contributed by atoms with Crippen LogP contribution in [0, 0.1) is 6.92 Å². The maximum Gasteiger partial charge on any atom is 0.111 e. The lowest BCUT2D eigenvalue weighted by Crippen LogP contribution is -1.98. The number of hydrogen-bond acceptors (Lipinski definition) is 2. The van der Waals surface area contributed by atoms with Gasteiger partial charge in [-0.3, -0.25) is 0 Å². The SMILES string of the molecule is [CH2]CCCOCCCc1occ2ccccc12. The van der Waals surface area contributed by atoms with Crippen LogP contribution in [0.1, 0.15) is 25.0 Å². The van der Waals surface area contributed by atoms with Crippen LogP contribution >= 0.6 is 0 Å². The van der Waals surface area contributed by atoms with E-state index in [2.05, 4.69) is 19.1 Å². The van der Waals surface area contributed by atoms with Crippen molar-refractivity contribution in [2.24, 2.45) is 0 Å². The molecule has 0 N–H and O–H groups in total. The maximum atomic E-state index is 5.58. The van der Waals surface area contributed by atoms with E-state index < -0.39 is 0 Å². The molecule has 1 aromatic carbocycles. The van der Waals surface area contributed by atoms with E-state index in [0.29, 0.717) is 0 Å². The second-order valence-electron chi connectivity index (χ2n) is 4.17. The molecule has 2 heteroatoms. The molecule has 0 aliphatic carbocycles. The van der Waals surface area contributed by atoms with Crippen LogP contribution in [0.5, 0.6) is 0 Å². The molecule has 2 rings (SSSR count). The van der Waals surface area contributed by atoms with Gasteiger partial charge in [-0.2, -0.15) is 0 Å². The first-order valence-electron chi connectivity index (χ1n) is 6.24. The first-order chi connectivity index (χ1) is 8.42. The van der Waals surface area contributed by atoms with Crippen molar-refractivity contribution in [3.63, 3.8) is 0 Å². The minimum absolute atomic E-state index is 0.801. The minimum atomic E-state index is 0.801. The minimum Gasteiger partial charge on any atom is -0.468 e. The summed E-state index contributed by atoms with van der Waals surface area (Å²) in [5.74, 6) is 1.07. The van der Waals surface area contributed by atoms with E-state index in [0.717, 1.165) is 44.7 Å². The molecule has 2 nitrogen and oxygen atoms in total. The van der Waals surface area contributed by atoms with Gasteiger partial charge in [0.15, 0.2) is 0 Å². The van der Waals surface area contributed by atoms with Gasteiger partial charge in [0.05, 0.1) is 6.26 Å². The topological polar surface area (TPSA) is 22.4 Å². The smallest absolute Gasteiger partial charge is 0.111 e. The molecule has 91 valence electrons. The summed E-state index contributed by atoms with van der Waals surface area (Å²) >= 11 is 0. The van der Waals surface area contributed by atoms with Crippen LogP contribution < -0.4 is 0 Å². The van der Waals surface area contributed by atoms with Gasteiger partial charge in [0, 0.05) is 30.4 Å². The summed E-state index contributed by atoms with van der Waals surface area (Å²) < 4.78 is 11.1. The van der Waals surface area contributed by atoms with Crippen LogP contribution in [0.25, 0.3) is 10.8 Å². The molecule has 0 amide bonds. The summed E-state index contributed by atoms with van der Waals surface area (Å²) in [6.07, 6.45) is 5.77. The average Bonchev–Trinajstić information content (AvgIpc) is 2.77. The Morgan fingerprint density at radius 1 is 1.12 bits per heavy atom. The average molecular weight is 231 g/mol. The number of furan rings is 1. The van der Waals surface area contributed by atoms with Gasteiger partial charge in [-0.05, 0) is 12.8 Å². The number of fused-ring (bicyclic) bond motifs is 1. The summed E-state index contributed by atoms with van der Waals surface area (Å²) in [5, 5.41) is 2.41. The summed E-state index contributed by atoms with van der Waals surface area (Å²) in [4.78, 5) is 0. The lowest BCUT2D eigenvalue weighted by atomic mass is 10.1. The highest BCUT2D eigenvalue weighted by Crippen LogP contribution is 2.21. The van der Waals surface area contributed by atoms with Crippen molar-refractivity contribution in [1.29, 1.82) is 0 Å². The number of ether oxygens (including phenoxy) is 1. The Morgan fingerprint density at radius 3 is 2.82 bits per heavy atom. The van der Waals surface area contributed by atoms with Crippen LogP contribution in [0.2, 0.25) is 0 Å². The van der Waals surface area contributed by atoms with Crippen molar-refractivity contribution in [3.8, 4) is 0 Å². The predicted octanol–water partition coefficient (Wildman–Crippen LogP) is 4.00. The molecule has 0 unspecified atom stereocenters. The van der Waals surface area contributed by atoms with Crippen molar-refractivity contribution < 1.29 is 9.15 Å². The third-order valence-corrected chi connectivity index (χ3v) is 2.82. The molecule has 0 aliphatic rings. The molecule has 0 fully saturated rings. The third kappa shape index (κ3) is 3.34. The van der Waals surface area contributed by atoms with Gasteiger partial charge in [0.1, 0.15) is 5.76 Å². The second kappa shape index (κ2) is 6.45. The van der Waals surface area contributed by atoms with E-state index in [1.54, 1.807) is 0 Å². The molecule has 0 bridgehead atoms. The molecule has 0 aliphatic heterocycles. The Balaban J connectivity index is 1.79. The fraction of sp³-hybridized carbons (Fsp3) is 0.400. The Bertz CT molecular complexity index is 445. The number of unbranched alkanes of at least 4 members (excludes halogenated alkanes) is 1. The number of rotatable bonds is 7. The summed E-state index contributed by atoms with van der Waals surface area (Å²) in [6, 6.07) is 8.26. The number of benzene rings is 1. The summed E-state index contributed by atoms with van der Waals surface area (Å²) in [7, 11) is 0. The first-order valence-corrected chi connectivity index (χ1v) is 6.24. The lowest BCUT2D eigenvalue weighted by molar-refractivity contribution is 0.129. The molecule has 1 radical (unpaired) electrons. The molecule has 2 aromatic rings. The van der Waals surface area contributed by atoms with Crippen molar-refractivity contribution in [1.82, 2.24) is 0 Å². The van der Waals surface area contributed by atoms with E-state index in [-0.39, 0.29) is 0 Å². The zero-order valence-electron chi connectivity index (χ0n) is 10.2. The number of aryl methyl sites for hydroxylation is 1. The van der Waals surface area contributed by atoms with Gasteiger partial charge < -0.3 is 9.15 Å². The fourth-order valence-corrected chi connectivity index (χ4v) is 1.89. The highest BCUT2D eigenvalue weighted by molar-refractivity contribution is 5.83. The van der Waals surface area contributed by atoms with Gasteiger partial charge in [0.25, 0.3) is 0 Å². The first kappa shape index (κ1) is 12.2. The quantitative estimate of drug-likeness (QED) is 0.672. The Kier molecular flexibility index (Phi) is 4.63. The van der Waals surface area contributed by atoms with Crippen LogP contribution in [0.4, 0.5) is 0 Å². The fourth-order valence-electron chi connectivity index (χ4n) is 1.89. The maximum absolute atomic E-state index is 5.58. The van der Waals surface area contributed by atoms with Crippen molar-refractivity contribution in [2.45, 2.75) is 25.7 Å². The second-order valence-corrected chi connectivity index (χ2v) is 4.17. The largest absolute Gasteiger partial charge is 0.468 e. The molecule has 0 spiro atoms. The van der Waals surface area contributed by atoms with Crippen LogP contribution in [-0.4, -0.2) is 13.2 Å². The normalized spacial score (nSPS) is 11.1. The molecule has 1 heterocycles. The third-order valence-electron chi connectivity index (χ3n) is 2.82. The van der Waals surface area contributed by atoms with Gasteiger partial charge in [-0.1, -0.05) is 37.6 Å². The summed E-state index contributed by atoms with van der Waals surface area (Å²) in [5.41, 5.74) is 0.